The highest BCUT2D eigenvalue weighted by atomic mass is 35.5. The van der Waals surface area contributed by atoms with E-state index >= 15 is 0 Å². The third-order valence-corrected chi connectivity index (χ3v) is 5.89. The molecule has 0 saturated heterocycles. The van der Waals surface area contributed by atoms with Crippen molar-refractivity contribution in [2.24, 2.45) is 0 Å². The number of nitrogens with one attached hydrogen (secondary N) is 1. The minimum Gasteiger partial charge on any atom is -0.479 e. The average Bonchev–Trinajstić information content (AvgIpc) is 2.88. The maximum atomic E-state index is 13.9. The molecular formula is C25H21ClF4N2O6. The minimum absolute atomic E-state index is 0.0345. The number of hydrogen-bond acceptors (Lipinski definition) is 6. The smallest absolute Gasteiger partial charge is 0.308 e. The zero-order chi connectivity index (χ0) is 28.1. The van der Waals surface area contributed by atoms with Crippen LogP contribution in [0.5, 0.6) is 5.75 Å². The minimum atomic E-state index is -1.87. The van der Waals surface area contributed by atoms with Crippen LogP contribution in [0.3, 0.4) is 0 Å². The molecule has 1 N–H and O–H groups in total. The Bertz CT molecular complexity index is 1440. The van der Waals surface area contributed by atoms with Gasteiger partial charge < -0.3 is 19.4 Å². The van der Waals surface area contributed by atoms with E-state index in [2.05, 4.69) is 14.8 Å². The molecule has 13 heteroatoms. The molecule has 38 heavy (non-hydrogen) atoms. The second-order valence-corrected chi connectivity index (χ2v) is 8.51. The van der Waals surface area contributed by atoms with E-state index in [4.69, 9.17) is 11.6 Å². The summed E-state index contributed by atoms with van der Waals surface area (Å²) in [5, 5.41) is 3.44. The summed E-state index contributed by atoms with van der Waals surface area (Å²) in [5.74, 6) is -11.6. The number of esters is 1. The van der Waals surface area contributed by atoms with Gasteiger partial charge in [-0.1, -0.05) is 24.6 Å². The molecule has 1 aromatic heterocycles. The molecular weight excluding hydrogens is 536 g/mol. The summed E-state index contributed by atoms with van der Waals surface area (Å²) in [6, 6.07) is 3.47. The molecule has 1 unspecified atom stereocenters. The predicted molar refractivity (Wildman–Crippen MR) is 128 cm³/mol. The van der Waals surface area contributed by atoms with Crippen LogP contribution in [0.2, 0.25) is 5.02 Å². The lowest BCUT2D eigenvalue weighted by molar-refractivity contribution is -0.143. The summed E-state index contributed by atoms with van der Waals surface area (Å²) < 4.78 is 64.9. The number of halogens is 5. The predicted octanol–water partition coefficient (Wildman–Crippen LogP) is 3.86. The average molecular weight is 557 g/mol. The van der Waals surface area contributed by atoms with E-state index in [0.717, 1.165) is 11.7 Å². The highest BCUT2D eigenvalue weighted by molar-refractivity contribution is 6.31. The Balaban J connectivity index is 1.85. The Labute approximate surface area is 218 Å². The number of ether oxygens (including phenoxy) is 2. The molecule has 0 aliphatic heterocycles. The number of benzene rings is 2. The summed E-state index contributed by atoms with van der Waals surface area (Å²) >= 11 is 5.99. The Kier molecular flexibility index (Phi) is 9.10. The first kappa shape index (κ1) is 28.6. The first-order chi connectivity index (χ1) is 18.0. The number of rotatable bonds is 10. The lowest BCUT2D eigenvalue weighted by atomic mass is 10.1. The topological polar surface area (TPSA) is 104 Å². The largest absolute Gasteiger partial charge is 0.479 e. The summed E-state index contributed by atoms with van der Waals surface area (Å²) in [7, 11) is 1.02. The van der Waals surface area contributed by atoms with E-state index in [1.54, 1.807) is 25.1 Å². The second kappa shape index (κ2) is 12.1. The monoisotopic (exact) mass is 556 g/mol. The van der Waals surface area contributed by atoms with Gasteiger partial charge in [0.2, 0.25) is 17.5 Å². The molecule has 0 bridgehead atoms. The zero-order valence-corrected chi connectivity index (χ0v) is 20.8. The SMILES string of the molecule is CC[C@@H](C(=O)NC(CC(=O)OC)C(=O)COc1c(F)c(F)cc(F)c1F)n1ccc2ccc(Cl)cc2c1=O. The van der Waals surface area contributed by atoms with Gasteiger partial charge in [0.1, 0.15) is 18.7 Å². The number of pyridine rings is 1. The summed E-state index contributed by atoms with van der Waals surface area (Å²) in [6.07, 6.45) is 0.772. The van der Waals surface area contributed by atoms with Crippen molar-refractivity contribution in [2.45, 2.75) is 31.8 Å². The van der Waals surface area contributed by atoms with Gasteiger partial charge in [0.15, 0.2) is 23.2 Å². The van der Waals surface area contributed by atoms with Crippen LogP contribution in [0, 0.1) is 23.3 Å². The van der Waals surface area contributed by atoms with E-state index in [-0.39, 0.29) is 17.9 Å². The molecule has 0 aliphatic rings. The van der Waals surface area contributed by atoms with Gasteiger partial charge in [0.05, 0.1) is 13.5 Å². The number of fused-ring (bicyclic) bond motifs is 1. The molecule has 8 nitrogen and oxygen atoms in total. The summed E-state index contributed by atoms with van der Waals surface area (Å²) in [5.41, 5.74) is -0.537. The lowest BCUT2D eigenvalue weighted by Crippen LogP contribution is -2.48. The molecule has 0 radical (unpaired) electrons. The first-order valence-corrected chi connectivity index (χ1v) is 11.5. The second-order valence-electron chi connectivity index (χ2n) is 8.08. The molecule has 0 saturated carbocycles. The number of carbonyl (C=O) groups excluding carboxylic acids is 3. The molecule has 0 spiro atoms. The van der Waals surface area contributed by atoms with Crippen molar-refractivity contribution in [3.8, 4) is 5.75 Å². The van der Waals surface area contributed by atoms with Crippen LogP contribution >= 0.6 is 11.6 Å². The summed E-state index contributed by atoms with van der Waals surface area (Å²) in [4.78, 5) is 50.8. The fourth-order valence-corrected chi connectivity index (χ4v) is 3.84. The van der Waals surface area contributed by atoms with Gasteiger partial charge in [-0.2, -0.15) is 8.78 Å². The molecule has 202 valence electrons. The van der Waals surface area contributed by atoms with Gasteiger partial charge in [-0.3, -0.25) is 19.2 Å². The van der Waals surface area contributed by atoms with E-state index in [9.17, 15) is 36.7 Å². The van der Waals surface area contributed by atoms with Crippen LogP contribution in [0.25, 0.3) is 10.8 Å². The fourth-order valence-electron chi connectivity index (χ4n) is 3.67. The van der Waals surface area contributed by atoms with Crippen LogP contribution in [0.4, 0.5) is 17.6 Å². The van der Waals surface area contributed by atoms with Gasteiger partial charge in [0, 0.05) is 22.7 Å². The third kappa shape index (κ3) is 6.13. The highest BCUT2D eigenvalue weighted by Crippen LogP contribution is 2.26. The van der Waals surface area contributed by atoms with Crippen molar-refractivity contribution in [1.82, 2.24) is 9.88 Å². The van der Waals surface area contributed by atoms with Crippen molar-refractivity contribution in [2.75, 3.05) is 13.7 Å². The van der Waals surface area contributed by atoms with Gasteiger partial charge >= 0.3 is 5.97 Å². The van der Waals surface area contributed by atoms with E-state index in [1.807, 2.05) is 0 Å². The highest BCUT2D eigenvalue weighted by Gasteiger charge is 2.30. The standard InChI is InChI=1S/C25H21ClF4N2O6/c1-3-18(32-7-6-12-4-5-13(26)8-14(12)25(32)36)24(35)31-17(10-20(34)37-2)19(33)11-38-23-21(29)15(27)9-16(28)22(23)30/h4-9,17-18H,3,10-11H2,1-2H3,(H,31,35)/t17?,18-/m0/s1. The van der Waals surface area contributed by atoms with Crippen LogP contribution in [0.15, 0.2) is 41.3 Å². The Morgan fingerprint density at radius 1 is 1.05 bits per heavy atom. The Hall–Kier alpha value is -3.93. The molecule has 3 aromatic rings. The Morgan fingerprint density at radius 2 is 1.71 bits per heavy atom. The normalized spacial score (nSPS) is 12.6. The van der Waals surface area contributed by atoms with E-state index in [1.165, 1.54) is 12.3 Å². The molecule has 1 heterocycles. The maximum Gasteiger partial charge on any atom is 0.308 e. The van der Waals surface area contributed by atoms with Crippen molar-refractivity contribution in [3.05, 3.63) is 75.2 Å². The number of hydrogen-bond donors (Lipinski definition) is 1. The van der Waals surface area contributed by atoms with Crippen LogP contribution in [-0.2, 0) is 19.1 Å². The van der Waals surface area contributed by atoms with E-state index < -0.39 is 77.3 Å². The van der Waals surface area contributed by atoms with Gasteiger partial charge in [-0.05, 0) is 30.0 Å². The number of methoxy groups -OCH3 is 1. The third-order valence-electron chi connectivity index (χ3n) is 5.65. The Morgan fingerprint density at radius 3 is 2.32 bits per heavy atom. The van der Waals surface area contributed by atoms with Crippen molar-refractivity contribution in [3.63, 3.8) is 0 Å². The fraction of sp³-hybridized carbons (Fsp3) is 0.280. The first-order valence-electron chi connectivity index (χ1n) is 11.1. The zero-order valence-electron chi connectivity index (χ0n) is 20.0. The number of nitrogens with zero attached hydrogens (tertiary/aromatic N) is 1. The van der Waals surface area contributed by atoms with Gasteiger partial charge in [0.25, 0.3) is 5.56 Å². The number of carbonyl (C=O) groups is 3. The molecule has 0 aliphatic carbocycles. The number of amides is 1. The summed E-state index contributed by atoms with van der Waals surface area (Å²) in [6.45, 7) is 0.438. The van der Waals surface area contributed by atoms with Crippen LogP contribution < -0.4 is 15.6 Å². The van der Waals surface area contributed by atoms with Crippen molar-refractivity contribution < 1.29 is 41.4 Å². The number of aromatic nitrogens is 1. The lowest BCUT2D eigenvalue weighted by Gasteiger charge is -2.22. The molecule has 3 rings (SSSR count). The van der Waals surface area contributed by atoms with Crippen molar-refractivity contribution >= 4 is 40.0 Å². The molecule has 2 atom stereocenters. The number of ketones is 1. The van der Waals surface area contributed by atoms with Crippen molar-refractivity contribution in [1.29, 1.82) is 0 Å². The molecule has 2 aromatic carbocycles. The molecule has 1 amide bonds. The number of Topliss-reactive ketones (excluding diaryl/α,β-unsaturated/α-hetero) is 1. The van der Waals surface area contributed by atoms with Crippen LogP contribution in [0.1, 0.15) is 25.8 Å². The van der Waals surface area contributed by atoms with Gasteiger partial charge in [-0.15, -0.1) is 0 Å². The molecule has 0 fully saturated rings. The van der Waals surface area contributed by atoms with E-state index in [0.29, 0.717) is 10.4 Å². The van der Waals surface area contributed by atoms with Gasteiger partial charge in [-0.25, -0.2) is 8.78 Å². The quantitative estimate of drug-likeness (QED) is 0.231. The maximum absolute atomic E-state index is 13.9. The van der Waals surface area contributed by atoms with Crippen LogP contribution in [-0.4, -0.2) is 42.0 Å².